The molecule has 8 nitrogen and oxygen atoms in total. The largest absolute Gasteiger partial charge is 0.324 e. The van der Waals surface area contributed by atoms with E-state index < -0.39 is 31.8 Å². The number of carbonyl (C=O) groups is 1. The van der Waals surface area contributed by atoms with Crippen molar-refractivity contribution < 1.29 is 26.0 Å². The zero-order valence-corrected chi connectivity index (χ0v) is 17.8. The van der Waals surface area contributed by atoms with Crippen LogP contribution in [0.25, 0.3) is 0 Å². The lowest BCUT2D eigenvalue weighted by Crippen LogP contribution is -2.30. The lowest BCUT2D eigenvalue weighted by Gasteiger charge is -2.18. The SMILES string of the molecule is CCN(CC)S(=O)(=O)c1ccc(S(=O)(=O)Nc2ccc(F)c(NC(C)=O)c2)cc1. The van der Waals surface area contributed by atoms with Crippen LogP contribution in [0.2, 0.25) is 0 Å². The third-order valence-electron chi connectivity index (χ3n) is 4.01. The Bertz CT molecular complexity index is 1100. The number of halogens is 1. The summed E-state index contributed by atoms with van der Waals surface area (Å²) >= 11 is 0. The number of nitrogens with zero attached hydrogens (tertiary/aromatic N) is 1. The Morgan fingerprint density at radius 1 is 0.966 bits per heavy atom. The van der Waals surface area contributed by atoms with Crippen molar-refractivity contribution in [2.45, 2.75) is 30.6 Å². The summed E-state index contributed by atoms with van der Waals surface area (Å²) in [7, 11) is -7.77. The highest BCUT2D eigenvalue weighted by Crippen LogP contribution is 2.24. The molecule has 2 N–H and O–H groups in total. The maximum Gasteiger partial charge on any atom is 0.261 e. The van der Waals surface area contributed by atoms with Crippen LogP contribution in [0, 0.1) is 5.82 Å². The van der Waals surface area contributed by atoms with E-state index in [2.05, 4.69) is 10.0 Å². The van der Waals surface area contributed by atoms with E-state index in [1.165, 1.54) is 41.6 Å². The van der Waals surface area contributed by atoms with Gasteiger partial charge in [0.25, 0.3) is 10.0 Å². The topological polar surface area (TPSA) is 113 Å². The molecular formula is C18H22FN3O5S2. The molecule has 0 saturated carbocycles. The highest BCUT2D eigenvalue weighted by Gasteiger charge is 2.23. The molecule has 0 aliphatic heterocycles. The first-order chi connectivity index (χ1) is 13.5. The molecule has 0 fully saturated rings. The van der Waals surface area contributed by atoms with E-state index in [1.807, 2.05) is 0 Å². The van der Waals surface area contributed by atoms with Crippen molar-refractivity contribution in [3.05, 3.63) is 48.3 Å². The summed E-state index contributed by atoms with van der Waals surface area (Å²) < 4.78 is 67.4. The predicted octanol–water partition coefficient (Wildman–Crippen LogP) is 2.62. The average Bonchev–Trinajstić information content (AvgIpc) is 2.65. The summed E-state index contributed by atoms with van der Waals surface area (Å²) in [4.78, 5) is 10.9. The van der Waals surface area contributed by atoms with Crippen LogP contribution in [0.3, 0.4) is 0 Å². The number of hydrogen-bond donors (Lipinski definition) is 2. The summed E-state index contributed by atoms with van der Waals surface area (Å²) in [5.74, 6) is -1.22. The molecule has 0 spiro atoms. The first-order valence-corrected chi connectivity index (χ1v) is 11.6. The third-order valence-corrected chi connectivity index (χ3v) is 7.47. The van der Waals surface area contributed by atoms with Crippen molar-refractivity contribution in [2.75, 3.05) is 23.1 Å². The first kappa shape index (κ1) is 22.8. The molecule has 1 amide bonds. The van der Waals surface area contributed by atoms with Crippen LogP contribution in [-0.2, 0) is 24.8 Å². The Morgan fingerprint density at radius 3 is 2.03 bits per heavy atom. The number of amides is 1. The molecule has 0 unspecified atom stereocenters. The Balaban J connectivity index is 2.30. The number of nitrogens with one attached hydrogen (secondary N) is 2. The molecule has 0 radical (unpaired) electrons. The molecule has 0 aromatic heterocycles. The number of sulfonamides is 2. The second-order valence-electron chi connectivity index (χ2n) is 6.04. The van der Waals surface area contributed by atoms with Gasteiger partial charge in [-0.3, -0.25) is 9.52 Å². The average molecular weight is 444 g/mol. The van der Waals surface area contributed by atoms with E-state index in [9.17, 15) is 26.0 Å². The zero-order chi connectivity index (χ0) is 21.8. The van der Waals surface area contributed by atoms with Gasteiger partial charge < -0.3 is 5.32 Å². The predicted molar refractivity (Wildman–Crippen MR) is 108 cm³/mol. The van der Waals surface area contributed by atoms with Gasteiger partial charge in [-0.1, -0.05) is 13.8 Å². The van der Waals surface area contributed by atoms with Gasteiger partial charge in [0.05, 0.1) is 21.2 Å². The van der Waals surface area contributed by atoms with Crippen LogP contribution in [0.4, 0.5) is 15.8 Å². The quantitative estimate of drug-likeness (QED) is 0.651. The minimum atomic E-state index is -4.06. The van der Waals surface area contributed by atoms with Crippen molar-refractivity contribution in [1.82, 2.24) is 4.31 Å². The normalized spacial score (nSPS) is 12.0. The fraction of sp³-hybridized carbons (Fsp3) is 0.278. The first-order valence-electron chi connectivity index (χ1n) is 8.71. The van der Waals surface area contributed by atoms with Crippen molar-refractivity contribution in [1.29, 1.82) is 0 Å². The van der Waals surface area contributed by atoms with Crippen LogP contribution < -0.4 is 10.0 Å². The van der Waals surface area contributed by atoms with Gasteiger partial charge in [-0.25, -0.2) is 21.2 Å². The molecule has 2 rings (SSSR count). The number of benzene rings is 2. The highest BCUT2D eigenvalue weighted by atomic mass is 32.2. The molecule has 2 aromatic rings. The van der Waals surface area contributed by atoms with Crippen molar-refractivity contribution in [3.63, 3.8) is 0 Å². The fourth-order valence-electron chi connectivity index (χ4n) is 2.59. The number of rotatable bonds is 8. The van der Waals surface area contributed by atoms with Gasteiger partial charge in [0.2, 0.25) is 15.9 Å². The number of hydrogen-bond acceptors (Lipinski definition) is 5. The summed E-state index contributed by atoms with van der Waals surface area (Å²) in [5.41, 5.74) is -0.131. The summed E-state index contributed by atoms with van der Waals surface area (Å²) in [6, 6.07) is 8.16. The van der Waals surface area contributed by atoms with E-state index in [4.69, 9.17) is 0 Å². The van der Waals surface area contributed by atoms with Gasteiger partial charge in [0.15, 0.2) is 0 Å². The standard InChI is InChI=1S/C18H22FN3O5S2/c1-4-22(5-2)29(26,27)16-9-7-15(8-10-16)28(24,25)21-14-6-11-17(19)18(12-14)20-13(3)23/h6-12,21H,4-5H2,1-3H3,(H,20,23). The van der Waals surface area contributed by atoms with Crippen molar-refractivity contribution in [3.8, 4) is 0 Å². The van der Waals surface area contributed by atoms with E-state index in [0.717, 1.165) is 12.1 Å². The van der Waals surface area contributed by atoms with Crippen LogP contribution in [0.1, 0.15) is 20.8 Å². The molecule has 0 saturated heterocycles. The van der Waals surface area contributed by atoms with Crippen LogP contribution in [-0.4, -0.2) is 40.1 Å². The van der Waals surface area contributed by atoms with Crippen LogP contribution in [0.5, 0.6) is 0 Å². The summed E-state index contributed by atoms with van der Waals surface area (Å²) in [5, 5.41) is 2.26. The maximum atomic E-state index is 13.7. The lowest BCUT2D eigenvalue weighted by atomic mass is 10.2. The lowest BCUT2D eigenvalue weighted by molar-refractivity contribution is -0.114. The Kier molecular flexibility index (Phi) is 6.98. The van der Waals surface area contributed by atoms with Gasteiger partial charge in [-0.15, -0.1) is 0 Å². The minimum absolute atomic E-state index is 0.0186. The van der Waals surface area contributed by atoms with E-state index in [0.29, 0.717) is 13.1 Å². The second-order valence-corrected chi connectivity index (χ2v) is 9.66. The number of carbonyl (C=O) groups excluding carboxylic acids is 1. The Hall–Kier alpha value is -2.50. The molecule has 158 valence electrons. The monoisotopic (exact) mass is 443 g/mol. The second kappa shape index (κ2) is 8.89. The van der Waals surface area contributed by atoms with Crippen molar-refractivity contribution in [2.24, 2.45) is 0 Å². The van der Waals surface area contributed by atoms with E-state index in [-0.39, 0.29) is 21.2 Å². The molecule has 2 aromatic carbocycles. The van der Waals surface area contributed by atoms with Gasteiger partial charge in [0.1, 0.15) is 5.82 Å². The molecular weight excluding hydrogens is 421 g/mol. The molecule has 0 bridgehead atoms. The van der Waals surface area contributed by atoms with Gasteiger partial charge in [-0.05, 0) is 42.5 Å². The van der Waals surface area contributed by atoms with Crippen LogP contribution >= 0.6 is 0 Å². The van der Waals surface area contributed by atoms with E-state index >= 15 is 0 Å². The molecule has 11 heteroatoms. The molecule has 0 aliphatic carbocycles. The number of anilines is 2. The summed E-state index contributed by atoms with van der Waals surface area (Å²) in [6.07, 6.45) is 0. The minimum Gasteiger partial charge on any atom is -0.324 e. The molecule has 0 atom stereocenters. The molecule has 0 heterocycles. The Morgan fingerprint density at radius 2 is 1.52 bits per heavy atom. The third kappa shape index (κ3) is 5.31. The molecule has 29 heavy (non-hydrogen) atoms. The summed E-state index contributed by atoms with van der Waals surface area (Å²) in [6.45, 7) is 5.21. The highest BCUT2D eigenvalue weighted by molar-refractivity contribution is 7.92. The maximum absolute atomic E-state index is 13.7. The van der Waals surface area contributed by atoms with Crippen LogP contribution in [0.15, 0.2) is 52.3 Å². The smallest absolute Gasteiger partial charge is 0.261 e. The van der Waals surface area contributed by atoms with Gasteiger partial charge in [-0.2, -0.15) is 4.31 Å². The zero-order valence-electron chi connectivity index (χ0n) is 16.1. The fourth-order valence-corrected chi connectivity index (χ4v) is 5.10. The van der Waals surface area contributed by atoms with Crippen molar-refractivity contribution >= 4 is 37.3 Å². The molecule has 0 aliphatic rings. The van der Waals surface area contributed by atoms with E-state index in [1.54, 1.807) is 13.8 Å². The Labute approximate surface area is 169 Å². The van der Waals surface area contributed by atoms with Gasteiger partial charge in [0, 0.05) is 20.0 Å². The van der Waals surface area contributed by atoms with Gasteiger partial charge >= 0.3 is 0 Å².